The maximum Gasteiger partial charge on any atom is 0.242 e. The molecule has 3 rings (SSSR count). The molecule has 1 amide bonds. The van der Waals surface area contributed by atoms with Crippen LogP contribution in [-0.2, 0) is 4.79 Å². The Balaban J connectivity index is 1.63. The van der Waals surface area contributed by atoms with E-state index in [1.54, 1.807) is 0 Å². The number of hydrogen-bond donors (Lipinski definition) is 1. The molecule has 120 valence electrons. The Bertz CT molecular complexity index is 380. The van der Waals surface area contributed by atoms with Crippen molar-refractivity contribution >= 4 is 5.91 Å². The van der Waals surface area contributed by atoms with E-state index in [9.17, 15) is 4.79 Å². The van der Waals surface area contributed by atoms with Crippen LogP contribution in [-0.4, -0.2) is 53.5 Å². The maximum absolute atomic E-state index is 13.0. The molecular formula is C17H31N3O. The SMILES string of the molecule is CC1CCCC(N)(C(=O)N2CCCC(N3CCCC3)C2)C1. The van der Waals surface area contributed by atoms with Crippen LogP contribution in [0.5, 0.6) is 0 Å². The minimum Gasteiger partial charge on any atom is -0.340 e. The first kappa shape index (κ1) is 15.3. The first-order valence-corrected chi connectivity index (χ1v) is 8.91. The largest absolute Gasteiger partial charge is 0.340 e. The standard InChI is InChI=1S/C17H31N3O/c1-14-6-4-8-17(18,12-14)16(21)20-11-5-7-15(13-20)19-9-2-3-10-19/h14-15H,2-13,18H2,1H3. The van der Waals surface area contributed by atoms with Gasteiger partial charge in [-0.15, -0.1) is 0 Å². The Hall–Kier alpha value is -0.610. The molecular weight excluding hydrogens is 262 g/mol. The number of carbonyl (C=O) groups is 1. The number of amides is 1. The Morgan fingerprint density at radius 1 is 1.10 bits per heavy atom. The number of hydrogen-bond acceptors (Lipinski definition) is 3. The monoisotopic (exact) mass is 293 g/mol. The van der Waals surface area contributed by atoms with Gasteiger partial charge in [0.2, 0.25) is 5.91 Å². The van der Waals surface area contributed by atoms with E-state index >= 15 is 0 Å². The molecule has 0 spiro atoms. The summed E-state index contributed by atoms with van der Waals surface area (Å²) in [6.07, 6.45) is 9.11. The van der Waals surface area contributed by atoms with Crippen molar-refractivity contribution in [1.29, 1.82) is 0 Å². The van der Waals surface area contributed by atoms with Gasteiger partial charge in [0.25, 0.3) is 0 Å². The Labute approximate surface area is 129 Å². The van der Waals surface area contributed by atoms with Crippen molar-refractivity contribution in [1.82, 2.24) is 9.80 Å². The minimum atomic E-state index is -0.579. The summed E-state index contributed by atoms with van der Waals surface area (Å²) in [7, 11) is 0. The summed E-state index contributed by atoms with van der Waals surface area (Å²) in [5.41, 5.74) is 5.94. The van der Waals surface area contributed by atoms with Crippen LogP contribution >= 0.6 is 0 Å². The van der Waals surface area contributed by atoms with Crippen molar-refractivity contribution < 1.29 is 4.79 Å². The first-order chi connectivity index (χ1) is 10.1. The van der Waals surface area contributed by atoms with Crippen LogP contribution in [0, 0.1) is 5.92 Å². The highest BCUT2D eigenvalue weighted by Gasteiger charge is 2.42. The molecule has 2 aliphatic heterocycles. The zero-order valence-corrected chi connectivity index (χ0v) is 13.5. The number of rotatable bonds is 2. The van der Waals surface area contributed by atoms with Crippen LogP contribution in [0.3, 0.4) is 0 Å². The summed E-state index contributed by atoms with van der Waals surface area (Å²) in [4.78, 5) is 17.6. The van der Waals surface area contributed by atoms with Crippen molar-refractivity contribution in [2.45, 2.75) is 69.9 Å². The highest BCUT2D eigenvalue weighted by molar-refractivity contribution is 5.86. The smallest absolute Gasteiger partial charge is 0.242 e. The second-order valence-corrected chi connectivity index (χ2v) is 7.65. The van der Waals surface area contributed by atoms with Crippen LogP contribution in [0.4, 0.5) is 0 Å². The van der Waals surface area contributed by atoms with Crippen molar-refractivity contribution in [2.24, 2.45) is 11.7 Å². The molecule has 0 radical (unpaired) electrons. The van der Waals surface area contributed by atoms with Gasteiger partial charge in [0.1, 0.15) is 0 Å². The number of nitrogens with zero attached hydrogens (tertiary/aromatic N) is 2. The van der Waals surface area contributed by atoms with Gasteiger partial charge in [0.05, 0.1) is 5.54 Å². The summed E-state index contributed by atoms with van der Waals surface area (Å²) in [5.74, 6) is 0.824. The highest BCUT2D eigenvalue weighted by Crippen LogP contribution is 2.33. The van der Waals surface area contributed by atoms with E-state index in [0.29, 0.717) is 12.0 Å². The lowest BCUT2D eigenvalue weighted by Crippen LogP contribution is -2.60. The molecule has 21 heavy (non-hydrogen) atoms. The molecule has 2 N–H and O–H groups in total. The number of likely N-dealkylation sites (tertiary alicyclic amines) is 2. The van der Waals surface area contributed by atoms with Crippen LogP contribution in [0.2, 0.25) is 0 Å². The molecule has 3 atom stereocenters. The second-order valence-electron chi connectivity index (χ2n) is 7.65. The van der Waals surface area contributed by atoms with Crippen molar-refractivity contribution in [3.63, 3.8) is 0 Å². The average molecular weight is 293 g/mol. The van der Waals surface area contributed by atoms with E-state index in [0.717, 1.165) is 38.8 Å². The van der Waals surface area contributed by atoms with Gasteiger partial charge in [-0.2, -0.15) is 0 Å². The van der Waals surface area contributed by atoms with Gasteiger partial charge in [0.15, 0.2) is 0 Å². The van der Waals surface area contributed by atoms with Crippen LogP contribution < -0.4 is 5.73 Å². The number of carbonyl (C=O) groups excluding carboxylic acids is 1. The summed E-state index contributed by atoms with van der Waals surface area (Å²) < 4.78 is 0. The third-order valence-electron chi connectivity index (χ3n) is 5.80. The van der Waals surface area contributed by atoms with Gasteiger partial charge < -0.3 is 10.6 Å². The Morgan fingerprint density at radius 2 is 1.86 bits per heavy atom. The fourth-order valence-corrected chi connectivity index (χ4v) is 4.65. The zero-order chi connectivity index (χ0) is 14.9. The summed E-state index contributed by atoms with van der Waals surface area (Å²) in [6, 6.07) is 0.579. The molecule has 0 bridgehead atoms. The molecule has 2 saturated heterocycles. The minimum absolute atomic E-state index is 0.234. The average Bonchev–Trinajstić information content (AvgIpc) is 3.00. The van der Waals surface area contributed by atoms with Crippen molar-refractivity contribution in [2.75, 3.05) is 26.2 Å². The number of piperidine rings is 1. The fourth-order valence-electron chi connectivity index (χ4n) is 4.65. The molecule has 3 unspecified atom stereocenters. The van der Waals surface area contributed by atoms with Gasteiger partial charge in [-0.25, -0.2) is 0 Å². The highest BCUT2D eigenvalue weighted by atomic mass is 16.2. The summed E-state index contributed by atoms with van der Waals surface area (Å²) in [6.45, 7) is 6.49. The zero-order valence-electron chi connectivity index (χ0n) is 13.5. The molecule has 4 nitrogen and oxygen atoms in total. The first-order valence-electron chi connectivity index (χ1n) is 8.91. The molecule has 2 heterocycles. The third-order valence-corrected chi connectivity index (χ3v) is 5.80. The molecule has 0 aromatic rings. The second kappa shape index (κ2) is 6.25. The third kappa shape index (κ3) is 3.26. The van der Waals surface area contributed by atoms with E-state index in [2.05, 4.69) is 16.7 Å². The van der Waals surface area contributed by atoms with E-state index < -0.39 is 5.54 Å². The topological polar surface area (TPSA) is 49.6 Å². The molecule has 1 aliphatic carbocycles. The molecule has 4 heteroatoms. The van der Waals surface area contributed by atoms with Crippen LogP contribution in [0.15, 0.2) is 0 Å². The lowest BCUT2D eigenvalue weighted by Gasteiger charge is -2.43. The van der Waals surface area contributed by atoms with Gasteiger partial charge in [-0.05, 0) is 57.5 Å². The van der Waals surface area contributed by atoms with Gasteiger partial charge in [0, 0.05) is 19.1 Å². The predicted octanol–water partition coefficient (Wildman–Crippen LogP) is 1.98. The molecule has 0 aromatic heterocycles. The van der Waals surface area contributed by atoms with Crippen LogP contribution in [0.1, 0.15) is 58.3 Å². The predicted molar refractivity (Wildman–Crippen MR) is 85.0 cm³/mol. The normalized spacial score (nSPS) is 38.7. The molecule has 1 saturated carbocycles. The van der Waals surface area contributed by atoms with Crippen molar-refractivity contribution in [3.8, 4) is 0 Å². The van der Waals surface area contributed by atoms with Gasteiger partial charge in [-0.3, -0.25) is 9.69 Å². The van der Waals surface area contributed by atoms with Crippen LogP contribution in [0.25, 0.3) is 0 Å². The van der Waals surface area contributed by atoms with E-state index in [1.165, 1.54) is 38.8 Å². The van der Waals surface area contributed by atoms with E-state index in [-0.39, 0.29) is 5.91 Å². The molecule has 3 fully saturated rings. The lowest BCUT2D eigenvalue weighted by molar-refractivity contribution is -0.141. The summed E-state index contributed by atoms with van der Waals surface area (Å²) >= 11 is 0. The number of nitrogens with two attached hydrogens (primary N) is 1. The van der Waals surface area contributed by atoms with Gasteiger partial charge in [-0.1, -0.05) is 19.8 Å². The van der Waals surface area contributed by atoms with Crippen molar-refractivity contribution in [3.05, 3.63) is 0 Å². The van der Waals surface area contributed by atoms with E-state index in [4.69, 9.17) is 5.73 Å². The lowest BCUT2D eigenvalue weighted by atomic mass is 9.76. The quantitative estimate of drug-likeness (QED) is 0.847. The Kier molecular flexibility index (Phi) is 4.55. The summed E-state index contributed by atoms with van der Waals surface area (Å²) in [5, 5.41) is 0. The Morgan fingerprint density at radius 3 is 2.57 bits per heavy atom. The maximum atomic E-state index is 13.0. The fraction of sp³-hybridized carbons (Fsp3) is 0.941. The molecule has 0 aromatic carbocycles. The molecule has 3 aliphatic rings. The van der Waals surface area contributed by atoms with Gasteiger partial charge >= 0.3 is 0 Å². The van der Waals surface area contributed by atoms with E-state index in [1.807, 2.05) is 0 Å².